The molecule has 5 nitrogen and oxygen atoms in total. The highest BCUT2D eigenvalue weighted by molar-refractivity contribution is 5.34. The Labute approximate surface area is 156 Å². The van der Waals surface area contributed by atoms with Gasteiger partial charge in [-0.2, -0.15) is 0 Å². The van der Waals surface area contributed by atoms with E-state index in [1.54, 1.807) is 12.1 Å². The Hall–Kier alpha value is -2.99. The van der Waals surface area contributed by atoms with E-state index in [4.69, 9.17) is 0 Å². The van der Waals surface area contributed by atoms with Gasteiger partial charge in [0.2, 0.25) is 0 Å². The number of nitro benzene ring substituents is 1. The maximum absolute atomic E-state index is 13.4. The van der Waals surface area contributed by atoms with E-state index >= 15 is 0 Å². The molecule has 0 saturated carbocycles. The molecular formula is C21H20FN3O2. The number of hydrogen-bond donors (Lipinski definition) is 0. The monoisotopic (exact) mass is 365 g/mol. The van der Waals surface area contributed by atoms with Crippen molar-refractivity contribution in [2.45, 2.75) is 25.6 Å². The molecule has 0 fully saturated rings. The summed E-state index contributed by atoms with van der Waals surface area (Å²) in [5, 5.41) is 10.9. The van der Waals surface area contributed by atoms with Crippen LogP contribution in [0.2, 0.25) is 0 Å². The molecule has 1 atom stereocenters. The van der Waals surface area contributed by atoms with Gasteiger partial charge in [0, 0.05) is 43.7 Å². The molecule has 1 aromatic heterocycles. The zero-order valence-corrected chi connectivity index (χ0v) is 14.8. The minimum atomic E-state index is -0.385. The van der Waals surface area contributed by atoms with Crippen LogP contribution in [0.4, 0.5) is 10.1 Å². The lowest BCUT2D eigenvalue weighted by Crippen LogP contribution is -2.29. The molecule has 1 aliphatic rings. The summed E-state index contributed by atoms with van der Waals surface area (Å²) in [5.41, 5.74) is 3.34. The number of non-ortho nitro benzene ring substituents is 1. The topological polar surface area (TPSA) is 51.3 Å². The average molecular weight is 365 g/mol. The molecule has 3 aromatic rings. The van der Waals surface area contributed by atoms with E-state index < -0.39 is 0 Å². The number of fused-ring (bicyclic) bond motifs is 1. The number of hydrogen-bond acceptors (Lipinski definition) is 3. The van der Waals surface area contributed by atoms with Gasteiger partial charge in [-0.05, 0) is 41.8 Å². The van der Waals surface area contributed by atoms with Gasteiger partial charge in [-0.3, -0.25) is 15.0 Å². The number of benzene rings is 2. The lowest BCUT2D eigenvalue weighted by Gasteiger charge is -2.30. The molecule has 138 valence electrons. The predicted octanol–water partition coefficient (Wildman–Crippen LogP) is 4.53. The SMILES string of the molecule is O=[N+]([O-])c1ccc(CN2CCCn3cccc3C2c2ccc(F)cc2)cc1. The fraction of sp³-hybridized carbons (Fsp3) is 0.238. The molecule has 2 aromatic carbocycles. The molecule has 0 amide bonds. The van der Waals surface area contributed by atoms with E-state index in [2.05, 4.69) is 21.7 Å². The third kappa shape index (κ3) is 3.61. The van der Waals surface area contributed by atoms with Crippen molar-refractivity contribution in [1.29, 1.82) is 0 Å². The van der Waals surface area contributed by atoms with Crippen molar-refractivity contribution >= 4 is 5.69 Å². The maximum Gasteiger partial charge on any atom is 0.269 e. The van der Waals surface area contributed by atoms with Gasteiger partial charge in [-0.25, -0.2) is 4.39 Å². The first-order valence-electron chi connectivity index (χ1n) is 9.00. The second-order valence-corrected chi connectivity index (χ2v) is 6.83. The van der Waals surface area contributed by atoms with Crippen LogP contribution in [0.1, 0.15) is 29.3 Å². The molecule has 1 unspecified atom stereocenters. The first kappa shape index (κ1) is 17.4. The van der Waals surface area contributed by atoms with Gasteiger partial charge in [-0.15, -0.1) is 0 Å². The Bertz CT molecular complexity index is 935. The molecule has 0 bridgehead atoms. The largest absolute Gasteiger partial charge is 0.350 e. The molecule has 1 aliphatic heterocycles. The smallest absolute Gasteiger partial charge is 0.269 e. The Morgan fingerprint density at radius 2 is 1.78 bits per heavy atom. The summed E-state index contributed by atoms with van der Waals surface area (Å²) in [4.78, 5) is 12.9. The van der Waals surface area contributed by atoms with Crippen molar-refractivity contribution in [2.24, 2.45) is 0 Å². The van der Waals surface area contributed by atoms with Gasteiger partial charge in [0.05, 0.1) is 11.0 Å². The van der Waals surface area contributed by atoms with Crippen molar-refractivity contribution in [3.63, 3.8) is 0 Å². The molecule has 0 radical (unpaired) electrons. The minimum Gasteiger partial charge on any atom is -0.350 e. The second kappa shape index (κ2) is 7.32. The normalized spacial score (nSPS) is 17.3. The zero-order chi connectivity index (χ0) is 18.8. The number of rotatable bonds is 4. The van der Waals surface area contributed by atoms with Crippen molar-refractivity contribution < 1.29 is 9.31 Å². The van der Waals surface area contributed by atoms with Crippen LogP contribution in [-0.4, -0.2) is 20.9 Å². The Morgan fingerprint density at radius 1 is 1.04 bits per heavy atom. The molecule has 4 rings (SSSR count). The van der Waals surface area contributed by atoms with Crippen molar-refractivity contribution in [1.82, 2.24) is 9.47 Å². The highest BCUT2D eigenvalue weighted by Gasteiger charge is 2.27. The lowest BCUT2D eigenvalue weighted by molar-refractivity contribution is -0.384. The maximum atomic E-state index is 13.4. The van der Waals surface area contributed by atoms with Gasteiger partial charge in [-0.1, -0.05) is 24.3 Å². The number of nitrogens with zero attached hydrogens (tertiary/aromatic N) is 3. The minimum absolute atomic E-state index is 0.0123. The molecule has 0 N–H and O–H groups in total. The van der Waals surface area contributed by atoms with Crippen LogP contribution < -0.4 is 0 Å². The van der Waals surface area contributed by atoms with Crippen molar-refractivity contribution in [3.05, 3.63) is 99.6 Å². The summed E-state index contributed by atoms with van der Waals surface area (Å²) in [5.74, 6) is -0.246. The van der Waals surface area contributed by atoms with Crippen LogP contribution in [0.3, 0.4) is 0 Å². The van der Waals surface area contributed by atoms with Gasteiger partial charge in [0.25, 0.3) is 5.69 Å². The van der Waals surface area contributed by atoms with Gasteiger partial charge in [0.15, 0.2) is 0 Å². The predicted molar refractivity (Wildman–Crippen MR) is 101 cm³/mol. The third-order valence-corrected chi connectivity index (χ3v) is 5.07. The summed E-state index contributed by atoms with van der Waals surface area (Å²) in [6.07, 6.45) is 3.09. The Kier molecular flexibility index (Phi) is 4.73. The van der Waals surface area contributed by atoms with Gasteiger partial charge < -0.3 is 4.57 Å². The van der Waals surface area contributed by atoms with Crippen LogP contribution in [0.15, 0.2) is 66.9 Å². The van der Waals surface area contributed by atoms with Crippen LogP contribution in [-0.2, 0) is 13.1 Å². The lowest BCUT2D eigenvalue weighted by atomic mass is 10.0. The van der Waals surface area contributed by atoms with E-state index in [0.717, 1.165) is 30.6 Å². The first-order valence-corrected chi connectivity index (χ1v) is 9.00. The fourth-order valence-electron chi connectivity index (χ4n) is 3.79. The summed E-state index contributed by atoms with van der Waals surface area (Å²) in [7, 11) is 0. The standard InChI is InChI=1S/C21H20FN3O2/c22-18-8-6-17(7-9-18)21-20-3-1-12-23(20)13-2-14-24(21)15-16-4-10-19(11-5-16)25(26)27/h1,3-12,21H,2,13-15H2. The van der Waals surface area contributed by atoms with Gasteiger partial charge in [0.1, 0.15) is 5.82 Å². The van der Waals surface area contributed by atoms with Crippen LogP contribution in [0.25, 0.3) is 0 Å². The zero-order valence-electron chi connectivity index (χ0n) is 14.8. The Balaban J connectivity index is 1.68. The van der Waals surface area contributed by atoms with E-state index in [1.807, 2.05) is 30.3 Å². The highest BCUT2D eigenvalue weighted by Crippen LogP contribution is 2.33. The van der Waals surface area contributed by atoms with Gasteiger partial charge >= 0.3 is 0 Å². The molecule has 27 heavy (non-hydrogen) atoms. The summed E-state index contributed by atoms with van der Waals surface area (Å²) in [6.45, 7) is 2.50. The van der Waals surface area contributed by atoms with Crippen molar-refractivity contribution in [3.8, 4) is 0 Å². The van der Waals surface area contributed by atoms with Crippen LogP contribution in [0, 0.1) is 15.9 Å². The van der Waals surface area contributed by atoms with E-state index in [-0.39, 0.29) is 22.5 Å². The van der Waals surface area contributed by atoms with E-state index in [0.29, 0.717) is 6.54 Å². The van der Waals surface area contributed by atoms with Crippen LogP contribution in [0.5, 0.6) is 0 Å². The molecular weight excluding hydrogens is 345 g/mol. The van der Waals surface area contributed by atoms with Crippen molar-refractivity contribution in [2.75, 3.05) is 6.54 Å². The number of nitro groups is 1. The number of aryl methyl sites for hydroxylation is 1. The molecule has 0 spiro atoms. The van der Waals surface area contributed by atoms with E-state index in [1.165, 1.54) is 17.8 Å². The summed E-state index contributed by atoms with van der Waals surface area (Å²) in [6, 6.07) is 17.5. The first-order chi connectivity index (χ1) is 13.1. The summed E-state index contributed by atoms with van der Waals surface area (Å²) < 4.78 is 15.7. The quantitative estimate of drug-likeness (QED) is 0.504. The third-order valence-electron chi connectivity index (χ3n) is 5.07. The molecule has 6 heteroatoms. The molecule has 0 aliphatic carbocycles. The molecule has 2 heterocycles. The molecule has 0 saturated heterocycles. The van der Waals surface area contributed by atoms with Crippen LogP contribution >= 0.6 is 0 Å². The fourth-order valence-corrected chi connectivity index (χ4v) is 3.79. The highest BCUT2D eigenvalue weighted by atomic mass is 19.1. The summed E-state index contributed by atoms with van der Waals surface area (Å²) >= 11 is 0. The number of halogens is 1. The van der Waals surface area contributed by atoms with E-state index in [9.17, 15) is 14.5 Å². The average Bonchev–Trinajstić information content (AvgIpc) is 3.05. The number of aromatic nitrogens is 1. The second-order valence-electron chi connectivity index (χ2n) is 6.83. The Morgan fingerprint density at radius 3 is 2.48 bits per heavy atom.